The maximum Gasteiger partial charge on any atom is 0.334 e. The Morgan fingerprint density at radius 3 is 2.85 bits per heavy atom. The molecule has 0 saturated heterocycles. The molecule has 13 heavy (non-hydrogen) atoms. The molecule has 2 aliphatic carbocycles. The number of carbonyl (C=O) groups excluding carboxylic acids is 1. The normalized spacial score (nSPS) is 30.0. The minimum atomic E-state index is -0.131. The highest BCUT2D eigenvalue weighted by Gasteiger charge is 2.37. The largest absolute Gasteiger partial charge is 0.466 e. The zero-order chi connectivity index (χ0) is 9.42. The van der Waals surface area contributed by atoms with Crippen molar-refractivity contribution < 1.29 is 9.53 Å². The first-order valence-electron chi connectivity index (χ1n) is 4.77. The Kier molecular flexibility index (Phi) is 1.98. The fourth-order valence-corrected chi connectivity index (χ4v) is 2.45. The van der Waals surface area contributed by atoms with Crippen LogP contribution in [0.4, 0.5) is 0 Å². The second kappa shape index (κ2) is 3.02. The molecule has 2 rings (SSSR count). The molecule has 2 aliphatic rings. The van der Waals surface area contributed by atoms with Crippen LogP contribution in [0, 0.1) is 11.8 Å². The van der Waals surface area contributed by atoms with E-state index in [-0.39, 0.29) is 5.97 Å². The first kappa shape index (κ1) is 8.54. The molecule has 0 aromatic rings. The number of hydrogen-bond acceptors (Lipinski definition) is 2. The molecule has 0 heterocycles. The molecule has 70 valence electrons. The van der Waals surface area contributed by atoms with Gasteiger partial charge in [0.25, 0.3) is 0 Å². The van der Waals surface area contributed by atoms with E-state index in [0.717, 1.165) is 18.4 Å². The van der Waals surface area contributed by atoms with E-state index in [4.69, 9.17) is 4.74 Å². The van der Waals surface area contributed by atoms with E-state index in [0.29, 0.717) is 11.8 Å². The molecular weight excluding hydrogens is 164 g/mol. The number of methoxy groups -OCH3 is 1. The molecule has 2 bridgehead atoms. The Bertz CT molecular complexity index is 299. The van der Waals surface area contributed by atoms with E-state index >= 15 is 0 Å². The van der Waals surface area contributed by atoms with Gasteiger partial charge in [-0.2, -0.15) is 0 Å². The van der Waals surface area contributed by atoms with Gasteiger partial charge in [-0.25, -0.2) is 4.79 Å². The van der Waals surface area contributed by atoms with Gasteiger partial charge in [-0.05, 0) is 18.8 Å². The summed E-state index contributed by atoms with van der Waals surface area (Å²) in [6.07, 6.45) is 6.41. The maximum absolute atomic E-state index is 11.5. The molecule has 0 N–H and O–H groups in total. The molecule has 2 nitrogen and oxygen atoms in total. The lowest BCUT2D eigenvalue weighted by Gasteiger charge is -2.12. The van der Waals surface area contributed by atoms with Crippen molar-refractivity contribution in [2.45, 2.75) is 19.8 Å². The third-order valence-electron chi connectivity index (χ3n) is 3.03. The van der Waals surface area contributed by atoms with E-state index in [1.165, 1.54) is 12.7 Å². The number of rotatable bonds is 2. The SMILES string of the molecule is CCC1=C(C(=O)OC)C2C=CC1C2. The van der Waals surface area contributed by atoms with Gasteiger partial charge in [-0.1, -0.05) is 24.6 Å². The van der Waals surface area contributed by atoms with Gasteiger partial charge >= 0.3 is 5.97 Å². The van der Waals surface area contributed by atoms with Crippen LogP contribution >= 0.6 is 0 Å². The van der Waals surface area contributed by atoms with Gasteiger partial charge in [0.15, 0.2) is 0 Å². The van der Waals surface area contributed by atoms with Crippen molar-refractivity contribution in [3.8, 4) is 0 Å². The van der Waals surface area contributed by atoms with E-state index in [2.05, 4.69) is 19.1 Å². The second-order valence-corrected chi connectivity index (χ2v) is 3.62. The average molecular weight is 178 g/mol. The molecule has 0 aliphatic heterocycles. The zero-order valence-corrected chi connectivity index (χ0v) is 8.04. The number of fused-ring (bicyclic) bond motifs is 2. The summed E-state index contributed by atoms with van der Waals surface area (Å²) in [6, 6.07) is 0. The van der Waals surface area contributed by atoms with Crippen molar-refractivity contribution in [3.05, 3.63) is 23.3 Å². The predicted molar refractivity (Wildman–Crippen MR) is 50.1 cm³/mol. The summed E-state index contributed by atoms with van der Waals surface area (Å²) in [6.45, 7) is 2.10. The first-order chi connectivity index (χ1) is 6.27. The first-order valence-corrected chi connectivity index (χ1v) is 4.77. The number of carbonyl (C=O) groups is 1. The molecule has 2 heteroatoms. The molecule has 0 amide bonds. The Morgan fingerprint density at radius 2 is 2.23 bits per heavy atom. The fraction of sp³-hybridized carbons (Fsp3) is 0.545. The van der Waals surface area contributed by atoms with Crippen LogP contribution in [0.3, 0.4) is 0 Å². The van der Waals surface area contributed by atoms with Crippen LogP contribution in [0.5, 0.6) is 0 Å². The smallest absolute Gasteiger partial charge is 0.334 e. The van der Waals surface area contributed by atoms with Crippen LogP contribution in [-0.4, -0.2) is 13.1 Å². The number of esters is 1. The molecule has 2 atom stereocenters. The molecule has 0 radical (unpaired) electrons. The van der Waals surface area contributed by atoms with Gasteiger partial charge in [0.1, 0.15) is 0 Å². The van der Waals surface area contributed by atoms with Crippen molar-refractivity contribution in [1.29, 1.82) is 0 Å². The highest BCUT2D eigenvalue weighted by Crippen LogP contribution is 2.45. The lowest BCUT2D eigenvalue weighted by atomic mass is 9.95. The molecule has 0 aromatic carbocycles. The highest BCUT2D eigenvalue weighted by atomic mass is 16.5. The van der Waals surface area contributed by atoms with Crippen molar-refractivity contribution in [1.82, 2.24) is 0 Å². The predicted octanol–water partition coefficient (Wildman–Crippen LogP) is 2.07. The molecule has 0 saturated carbocycles. The standard InChI is InChI=1S/C11H14O2/c1-3-9-7-4-5-8(6-7)10(9)11(12)13-2/h4-5,7-8H,3,6H2,1-2H3. The van der Waals surface area contributed by atoms with Gasteiger partial charge in [-0.15, -0.1) is 0 Å². The van der Waals surface area contributed by atoms with Gasteiger partial charge in [0.05, 0.1) is 7.11 Å². The number of hydrogen-bond donors (Lipinski definition) is 0. The van der Waals surface area contributed by atoms with Crippen LogP contribution in [0.2, 0.25) is 0 Å². The van der Waals surface area contributed by atoms with Gasteiger partial charge in [-0.3, -0.25) is 0 Å². The lowest BCUT2D eigenvalue weighted by Crippen LogP contribution is -2.11. The van der Waals surface area contributed by atoms with E-state index in [1.807, 2.05) is 0 Å². The summed E-state index contributed by atoms with van der Waals surface area (Å²) < 4.78 is 4.79. The Morgan fingerprint density at radius 1 is 1.54 bits per heavy atom. The van der Waals surface area contributed by atoms with Crippen molar-refractivity contribution in [2.75, 3.05) is 7.11 Å². The van der Waals surface area contributed by atoms with E-state index in [9.17, 15) is 4.79 Å². The second-order valence-electron chi connectivity index (χ2n) is 3.62. The number of ether oxygens (including phenoxy) is 1. The van der Waals surface area contributed by atoms with Crippen LogP contribution in [-0.2, 0) is 9.53 Å². The minimum absolute atomic E-state index is 0.131. The Balaban J connectivity index is 2.33. The van der Waals surface area contributed by atoms with E-state index in [1.54, 1.807) is 0 Å². The van der Waals surface area contributed by atoms with Crippen LogP contribution in [0.15, 0.2) is 23.3 Å². The van der Waals surface area contributed by atoms with E-state index < -0.39 is 0 Å². The molecule has 2 unspecified atom stereocenters. The minimum Gasteiger partial charge on any atom is -0.466 e. The van der Waals surface area contributed by atoms with Crippen LogP contribution in [0.1, 0.15) is 19.8 Å². The molecular formula is C11H14O2. The summed E-state index contributed by atoms with van der Waals surface area (Å²) in [5, 5.41) is 0. The van der Waals surface area contributed by atoms with Gasteiger partial charge in [0.2, 0.25) is 0 Å². The molecule has 0 aromatic heterocycles. The summed E-state index contributed by atoms with van der Waals surface area (Å²) in [4.78, 5) is 11.5. The Labute approximate surface area is 78.3 Å². The lowest BCUT2D eigenvalue weighted by molar-refractivity contribution is -0.136. The summed E-state index contributed by atoms with van der Waals surface area (Å²) in [5.74, 6) is 0.727. The zero-order valence-electron chi connectivity index (χ0n) is 8.04. The molecule has 0 fully saturated rings. The van der Waals surface area contributed by atoms with Crippen LogP contribution in [0.25, 0.3) is 0 Å². The highest BCUT2D eigenvalue weighted by molar-refractivity contribution is 5.91. The Hall–Kier alpha value is -1.05. The van der Waals surface area contributed by atoms with Crippen molar-refractivity contribution in [3.63, 3.8) is 0 Å². The summed E-state index contributed by atoms with van der Waals surface area (Å²) in [5.41, 5.74) is 2.22. The summed E-state index contributed by atoms with van der Waals surface area (Å²) >= 11 is 0. The topological polar surface area (TPSA) is 26.3 Å². The average Bonchev–Trinajstić information content (AvgIpc) is 2.74. The fourth-order valence-electron chi connectivity index (χ4n) is 2.45. The van der Waals surface area contributed by atoms with Gasteiger partial charge < -0.3 is 4.74 Å². The summed E-state index contributed by atoms with van der Waals surface area (Å²) in [7, 11) is 1.46. The van der Waals surface area contributed by atoms with Crippen molar-refractivity contribution >= 4 is 5.97 Å². The van der Waals surface area contributed by atoms with Crippen LogP contribution < -0.4 is 0 Å². The number of allylic oxidation sites excluding steroid dienone is 3. The third-order valence-corrected chi connectivity index (χ3v) is 3.03. The third kappa shape index (κ3) is 1.12. The maximum atomic E-state index is 11.5. The monoisotopic (exact) mass is 178 g/mol. The van der Waals surface area contributed by atoms with Gasteiger partial charge in [0, 0.05) is 11.5 Å². The quantitative estimate of drug-likeness (QED) is 0.478. The molecule has 0 spiro atoms. The van der Waals surface area contributed by atoms with Crippen molar-refractivity contribution in [2.24, 2.45) is 11.8 Å².